The number of ether oxygens (including phenoxy) is 2. The molecule has 2 rings (SSSR count). The summed E-state index contributed by atoms with van der Waals surface area (Å²) in [5, 5.41) is 6.03. The van der Waals surface area contributed by atoms with E-state index in [1.165, 1.54) is 0 Å². The third-order valence-electron chi connectivity index (χ3n) is 2.82. The van der Waals surface area contributed by atoms with Gasteiger partial charge in [-0.05, 0) is 20.8 Å². The Hall–Kier alpha value is -0.810. The van der Waals surface area contributed by atoms with Crippen LogP contribution in [0.15, 0.2) is 0 Å². The van der Waals surface area contributed by atoms with Crippen molar-refractivity contribution in [3.8, 4) is 0 Å². The van der Waals surface area contributed by atoms with Gasteiger partial charge < -0.3 is 20.1 Å². The molecule has 0 aromatic heterocycles. The molecule has 0 aliphatic carbocycles. The Kier molecular flexibility index (Phi) is 2.84. The predicted octanol–water partition coefficient (Wildman–Crippen LogP) is 0.642. The number of carbonyl (C=O) groups is 1. The van der Waals surface area contributed by atoms with Crippen LogP contribution >= 0.6 is 0 Å². The first-order chi connectivity index (χ1) is 7.39. The molecular weight excluding hydrogens is 208 g/mol. The van der Waals surface area contributed by atoms with Crippen molar-refractivity contribution in [3.05, 3.63) is 0 Å². The smallest absolute Gasteiger partial charge is 0.407 e. The summed E-state index contributed by atoms with van der Waals surface area (Å²) in [6.07, 6.45) is 0.518. The van der Waals surface area contributed by atoms with Crippen molar-refractivity contribution in [2.45, 2.75) is 44.4 Å². The molecule has 2 fully saturated rings. The van der Waals surface area contributed by atoms with Gasteiger partial charge in [0.25, 0.3) is 0 Å². The van der Waals surface area contributed by atoms with Gasteiger partial charge in [-0.3, -0.25) is 0 Å². The van der Waals surface area contributed by atoms with Gasteiger partial charge >= 0.3 is 6.09 Å². The highest BCUT2D eigenvalue weighted by atomic mass is 16.6. The second-order valence-electron chi connectivity index (χ2n) is 5.64. The summed E-state index contributed by atoms with van der Waals surface area (Å²) < 4.78 is 10.9. The fourth-order valence-corrected chi connectivity index (χ4v) is 2.06. The third kappa shape index (κ3) is 2.65. The van der Waals surface area contributed by atoms with Gasteiger partial charge in [-0.2, -0.15) is 0 Å². The minimum absolute atomic E-state index is 0.0281. The molecule has 0 aromatic rings. The molecule has 2 saturated heterocycles. The van der Waals surface area contributed by atoms with Crippen molar-refractivity contribution >= 4 is 6.09 Å². The Labute approximate surface area is 95.9 Å². The van der Waals surface area contributed by atoms with E-state index < -0.39 is 5.60 Å². The van der Waals surface area contributed by atoms with E-state index in [2.05, 4.69) is 10.6 Å². The van der Waals surface area contributed by atoms with E-state index in [1.54, 1.807) is 0 Å². The lowest BCUT2D eigenvalue weighted by molar-refractivity contribution is -0.0361. The van der Waals surface area contributed by atoms with Crippen LogP contribution in [-0.2, 0) is 9.47 Å². The Morgan fingerprint density at radius 1 is 1.50 bits per heavy atom. The normalized spacial score (nSPS) is 27.6. The number of alkyl carbamates (subject to hydrolysis) is 1. The lowest BCUT2D eigenvalue weighted by atomic mass is 9.92. The van der Waals surface area contributed by atoms with Crippen LogP contribution in [-0.4, -0.2) is 43.0 Å². The summed E-state index contributed by atoms with van der Waals surface area (Å²) in [5.41, 5.74) is -0.473. The molecule has 1 spiro atoms. The molecule has 2 aliphatic rings. The molecule has 16 heavy (non-hydrogen) atoms. The zero-order valence-corrected chi connectivity index (χ0v) is 10.1. The lowest BCUT2D eigenvalue weighted by Crippen LogP contribution is -2.59. The number of rotatable bonds is 1. The Balaban J connectivity index is 1.76. The molecule has 0 aromatic carbocycles. The van der Waals surface area contributed by atoms with Crippen LogP contribution in [0.4, 0.5) is 4.79 Å². The van der Waals surface area contributed by atoms with Crippen molar-refractivity contribution in [1.29, 1.82) is 0 Å². The van der Waals surface area contributed by atoms with Crippen molar-refractivity contribution in [3.63, 3.8) is 0 Å². The first kappa shape index (κ1) is 11.7. The van der Waals surface area contributed by atoms with Crippen LogP contribution in [0.5, 0.6) is 0 Å². The van der Waals surface area contributed by atoms with Gasteiger partial charge in [0.1, 0.15) is 5.60 Å². The molecular formula is C11H20N2O3. The third-order valence-corrected chi connectivity index (χ3v) is 2.82. The van der Waals surface area contributed by atoms with E-state index in [9.17, 15) is 4.79 Å². The average molecular weight is 228 g/mol. The quantitative estimate of drug-likeness (QED) is 0.691. The standard InChI is InChI=1S/C11H20N2O3/c1-10(2,3)16-9(14)13-8-4-11(15-5-8)6-12-7-11/h8,12H,4-7H2,1-3H3,(H,13,14). The van der Waals surface area contributed by atoms with E-state index in [0.717, 1.165) is 19.5 Å². The van der Waals surface area contributed by atoms with Crippen LogP contribution in [0, 0.1) is 0 Å². The fraction of sp³-hybridized carbons (Fsp3) is 0.909. The molecule has 0 radical (unpaired) electrons. The SMILES string of the molecule is CC(C)(C)OC(=O)NC1COC2(CNC2)C1. The summed E-state index contributed by atoms with van der Waals surface area (Å²) in [4.78, 5) is 11.5. The van der Waals surface area contributed by atoms with Gasteiger partial charge in [-0.15, -0.1) is 0 Å². The Morgan fingerprint density at radius 2 is 2.19 bits per heavy atom. The topological polar surface area (TPSA) is 59.6 Å². The second kappa shape index (κ2) is 3.89. The van der Waals surface area contributed by atoms with Gasteiger partial charge in [0.05, 0.1) is 18.2 Å². The van der Waals surface area contributed by atoms with E-state index in [-0.39, 0.29) is 17.7 Å². The van der Waals surface area contributed by atoms with Crippen molar-refractivity contribution in [2.75, 3.05) is 19.7 Å². The van der Waals surface area contributed by atoms with Gasteiger partial charge in [-0.25, -0.2) is 4.79 Å². The van der Waals surface area contributed by atoms with Crippen molar-refractivity contribution in [1.82, 2.24) is 10.6 Å². The number of hydrogen-bond donors (Lipinski definition) is 2. The fourth-order valence-electron chi connectivity index (χ4n) is 2.06. The number of carbonyl (C=O) groups excluding carboxylic acids is 1. The summed E-state index contributed by atoms with van der Waals surface area (Å²) in [7, 11) is 0. The zero-order valence-electron chi connectivity index (χ0n) is 10.1. The largest absolute Gasteiger partial charge is 0.444 e. The number of nitrogens with one attached hydrogen (secondary N) is 2. The lowest BCUT2D eigenvalue weighted by Gasteiger charge is -2.38. The summed E-state index contributed by atoms with van der Waals surface area (Å²) >= 11 is 0. The molecule has 0 saturated carbocycles. The van der Waals surface area contributed by atoms with Gasteiger partial charge in [0.15, 0.2) is 0 Å². The van der Waals surface area contributed by atoms with E-state index in [0.29, 0.717) is 6.61 Å². The van der Waals surface area contributed by atoms with E-state index >= 15 is 0 Å². The average Bonchev–Trinajstić information content (AvgIpc) is 2.43. The Bertz CT molecular complexity index is 281. The molecule has 2 N–H and O–H groups in total. The molecule has 92 valence electrons. The minimum Gasteiger partial charge on any atom is -0.444 e. The van der Waals surface area contributed by atoms with Crippen LogP contribution in [0.1, 0.15) is 27.2 Å². The predicted molar refractivity (Wildman–Crippen MR) is 59.3 cm³/mol. The summed E-state index contributed by atoms with van der Waals surface area (Å²) in [6, 6.07) is 0.0805. The number of hydrogen-bond acceptors (Lipinski definition) is 4. The molecule has 2 aliphatic heterocycles. The van der Waals surface area contributed by atoms with Crippen LogP contribution < -0.4 is 10.6 Å². The van der Waals surface area contributed by atoms with Crippen molar-refractivity contribution < 1.29 is 14.3 Å². The van der Waals surface area contributed by atoms with E-state index in [1.807, 2.05) is 20.8 Å². The maximum Gasteiger partial charge on any atom is 0.407 e. The molecule has 1 unspecified atom stereocenters. The van der Waals surface area contributed by atoms with Gasteiger partial charge in [-0.1, -0.05) is 0 Å². The second-order valence-corrected chi connectivity index (χ2v) is 5.64. The highest BCUT2D eigenvalue weighted by molar-refractivity contribution is 5.68. The Morgan fingerprint density at radius 3 is 2.62 bits per heavy atom. The number of amides is 1. The van der Waals surface area contributed by atoms with Gasteiger partial charge in [0, 0.05) is 19.5 Å². The van der Waals surface area contributed by atoms with Gasteiger partial charge in [0.2, 0.25) is 0 Å². The molecule has 1 atom stereocenters. The van der Waals surface area contributed by atoms with Crippen LogP contribution in [0.25, 0.3) is 0 Å². The zero-order chi connectivity index (χ0) is 11.8. The first-order valence-corrected chi connectivity index (χ1v) is 5.73. The molecule has 0 bridgehead atoms. The molecule has 2 heterocycles. The van der Waals surface area contributed by atoms with E-state index in [4.69, 9.17) is 9.47 Å². The summed E-state index contributed by atoms with van der Waals surface area (Å²) in [6.45, 7) is 7.93. The molecule has 5 heteroatoms. The molecule has 5 nitrogen and oxygen atoms in total. The minimum atomic E-state index is -0.445. The monoisotopic (exact) mass is 228 g/mol. The highest BCUT2D eigenvalue weighted by Gasteiger charge is 2.45. The summed E-state index contributed by atoms with van der Waals surface area (Å²) in [5.74, 6) is 0. The van der Waals surface area contributed by atoms with Crippen LogP contribution in [0.2, 0.25) is 0 Å². The van der Waals surface area contributed by atoms with Crippen LogP contribution in [0.3, 0.4) is 0 Å². The molecule has 1 amide bonds. The maximum atomic E-state index is 11.5. The highest BCUT2D eigenvalue weighted by Crippen LogP contribution is 2.29. The maximum absolute atomic E-state index is 11.5. The van der Waals surface area contributed by atoms with Crippen molar-refractivity contribution in [2.24, 2.45) is 0 Å². The first-order valence-electron chi connectivity index (χ1n) is 5.73.